The summed E-state index contributed by atoms with van der Waals surface area (Å²) in [5.41, 5.74) is 1.95. The van der Waals surface area contributed by atoms with Crippen molar-refractivity contribution in [2.45, 2.75) is 217 Å². The average molecular weight is 1100 g/mol. The first kappa shape index (κ1) is 60.5. The third-order valence-electron chi connectivity index (χ3n) is 18.1. The normalized spacial score (nSPS) is 37.7. The molecule has 1 aliphatic carbocycles. The minimum Gasteiger partial charge on any atom is -0.456 e. The molecule has 1 spiro atoms. The molecule has 5 heterocycles. The zero-order chi connectivity index (χ0) is 56.3. The van der Waals surface area contributed by atoms with E-state index in [2.05, 4.69) is 114 Å². The second-order valence-electron chi connectivity index (χ2n) is 25.5. The quantitative estimate of drug-likeness (QED) is 0.110. The second-order valence-corrected chi connectivity index (χ2v) is 29.7. The zero-order valence-corrected chi connectivity index (χ0v) is 50.1. The molecule has 14 nitrogen and oxygen atoms in total. The van der Waals surface area contributed by atoms with Crippen molar-refractivity contribution >= 4 is 36.4 Å². The molecule has 432 valence electrons. The Labute approximate surface area is 466 Å². The van der Waals surface area contributed by atoms with Crippen molar-refractivity contribution in [2.75, 3.05) is 34.5 Å². The summed E-state index contributed by atoms with van der Waals surface area (Å²) in [7, 11) is 2.15. The molecule has 4 bridgehead atoms. The molecule has 1 amide bonds. The van der Waals surface area contributed by atoms with Gasteiger partial charge in [0, 0.05) is 46.1 Å². The minimum absolute atomic E-state index is 0.0496. The summed E-state index contributed by atoms with van der Waals surface area (Å²) in [5, 5.41) is 13.4. The van der Waals surface area contributed by atoms with Crippen LogP contribution in [0.1, 0.15) is 140 Å². The molecule has 0 unspecified atom stereocenters. The van der Waals surface area contributed by atoms with Gasteiger partial charge in [-0.1, -0.05) is 120 Å². The number of rotatable bonds is 9. The Morgan fingerprint density at radius 1 is 0.821 bits per heavy atom. The number of carbonyl (C=O) groups excluding carboxylic acids is 3. The molecule has 16 atom stereocenters. The smallest absolute Gasteiger partial charge is 0.329 e. The topological polar surface area (TPSA) is 158 Å². The Morgan fingerprint density at radius 2 is 1.46 bits per heavy atom. The van der Waals surface area contributed by atoms with Gasteiger partial charge in [0.05, 0.1) is 43.2 Å². The van der Waals surface area contributed by atoms with Crippen LogP contribution in [0, 0.1) is 29.6 Å². The van der Waals surface area contributed by atoms with Crippen LogP contribution < -0.4 is 10.4 Å². The summed E-state index contributed by atoms with van der Waals surface area (Å²) in [6.45, 7) is 21.3. The molecule has 4 saturated heterocycles. The van der Waals surface area contributed by atoms with Gasteiger partial charge >= 0.3 is 5.97 Å². The maximum atomic E-state index is 15.2. The van der Waals surface area contributed by atoms with E-state index in [0.29, 0.717) is 57.8 Å². The first-order valence-corrected chi connectivity index (χ1v) is 31.1. The van der Waals surface area contributed by atoms with Crippen LogP contribution in [-0.2, 0) is 56.7 Å². The number of ether oxygens (including phenoxy) is 8. The molecule has 5 aliphatic heterocycles. The van der Waals surface area contributed by atoms with Gasteiger partial charge in [0.1, 0.15) is 24.4 Å². The van der Waals surface area contributed by atoms with Crippen LogP contribution in [0.2, 0.25) is 5.04 Å². The van der Waals surface area contributed by atoms with E-state index in [4.69, 9.17) is 42.3 Å². The molecule has 78 heavy (non-hydrogen) atoms. The maximum absolute atomic E-state index is 15.2. The van der Waals surface area contributed by atoms with Crippen LogP contribution in [0.3, 0.4) is 0 Å². The number of carbonyl (C=O) groups is 3. The summed E-state index contributed by atoms with van der Waals surface area (Å²) in [4.78, 5) is 45.9. The van der Waals surface area contributed by atoms with Gasteiger partial charge in [-0.3, -0.25) is 9.59 Å². The summed E-state index contributed by atoms with van der Waals surface area (Å²) < 4.78 is 60.3. The van der Waals surface area contributed by atoms with Gasteiger partial charge in [-0.2, -0.15) is 0 Å². The van der Waals surface area contributed by atoms with Crippen molar-refractivity contribution in [2.24, 2.45) is 29.6 Å². The summed E-state index contributed by atoms with van der Waals surface area (Å²) in [6.07, 6.45) is 5.93. The van der Waals surface area contributed by atoms with Gasteiger partial charge in [-0.05, 0) is 131 Å². The third-order valence-corrected chi connectivity index (χ3v) is 23.1. The van der Waals surface area contributed by atoms with Gasteiger partial charge in [-0.25, -0.2) is 4.79 Å². The van der Waals surface area contributed by atoms with E-state index in [1.807, 2.05) is 27.7 Å². The highest BCUT2D eigenvalue weighted by molar-refractivity contribution is 6.99. The van der Waals surface area contributed by atoms with Crippen LogP contribution >= 0.6 is 0 Å². The third kappa shape index (κ3) is 13.0. The van der Waals surface area contributed by atoms with Crippen molar-refractivity contribution in [3.63, 3.8) is 0 Å². The first-order valence-electron chi connectivity index (χ1n) is 29.2. The number of cyclic esters (lactones) is 1. The molecule has 15 heteroatoms. The molecule has 2 aromatic carbocycles. The Hall–Kier alpha value is -3.61. The lowest BCUT2D eigenvalue weighted by Crippen LogP contribution is -2.68. The van der Waals surface area contributed by atoms with Crippen molar-refractivity contribution in [3.05, 3.63) is 84.0 Å². The lowest BCUT2D eigenvalue weighted by Gasteiger charge is -2.54. The summed E-state index contributed by atoms with van der Waals surface area (Å²) >= 11 is 0. The number of fused-ring (bicyclic) bond motifs is 4. The molecule has 1 N–H and O–H groups in total. The fourth-order valence-corrected chi connectivity index (χ4v) is 19.0. The molecule has 2 aromatic rings. The number of ketones is 1. The first-order chi connectivity index (χ1) is 37.0. The fraction of sp³-hybridized carbons (Fsp3) is 0.698. The van der Waals surface area contributed by atoms with Crippen LogP contribution in [0.5, 0.6) is 0 Å². The van der Waals surface area contributed by atoms with Crippen LogP contribution in [0.4, 0.5) is 0 Å². The van der Waals surface area contributed by atoms with Gasteiger partial charge in [0.2, 0.25) is 5.78 Å². The lowest BCUT2D eigenvalue weighted by atomic mass is 9.78. The van der Waals surface area contributed by atoms with Crippen molar-refractivity contribution in [1.82, 2.24) is 4.90 Å². The molecular formula is C63H93NO13Si. The Balaban J connectivity index is 1.15. The summed E-state index contributed by atoms with van der Waals surface area (Å²) in [5.74, 6) is -5.24. The standard InChI is InChI=1S/C63H93NO13Si/c1-39-30-40(2)32-52(70-12)58-53(71-13)34-42(4)57(73-58)55(66)59(67)64-29-21-20-26-49(64)60(68)74-56(43(5)54-37-63(77-62(9,10)75-54)45(31-39)36-46(65)38-72-63)41(3)33-44-27-28-50(51(35-44)69-11)76-78(61(6,7)8,47-22-16-14-17-23-47)48-24-18-15-19-25-48/h14-19,22-25,31,33,40,42-46,49-54,56-58,65H,20-21,26-30,32,34-38H2,1-13H3/b39-31+,41-33+/t40-,42+,43+,44-,45-,46+,49-,50+,51+,52-,53-,54-,56+,57+,58+,63+/m0/s1. The Bertz CT molecular complexity index is 2370. The van der Waals surface area contributed by atoms with E-state index in [1.54, 1.807) is 21.3 Å². The molecule has 1 saturated carbocycles. The number of piperidine rings is 1. The Kier molecular flexibility index (Phi) is 19.6. The van der Waals surface area contributed by atoms with Crippen LogP contribution in [0.25, 0.3) is 0 Å². The van der Waals surface area contributed by atoms with Crippen molar-refractivity contribution < 1.29 is 61.8 Å². The summed E-state index contributed by atoms with van der Waals surface area (Å²) in [6, 6.07) is 20.4. The Morgan fingerprint density at radius 3 is 2.09 bits per heavy atom. The number of aliphatic hydroxyl groups excluding tert-OH is 1. The van der Waals surface area contributed by atoms with E-state index >= 15 is 4.79 Å². The number of esters is 1. The highest BCUT2D eigenvalue weighted by Crippen LogP contribution is 2.48. The van der Waals surface area contributed by atoms with Gasteiger partial charge < -0.3 is 52.3 Å². The van der Waals surface area contributed by atoms with E-state index < -0.39 is 86.1 Å². The number of Topliss-reactive ketones (excluding diaryl/α,β-unsaturated/α-hetero) is 1. The van der Waals surface area contributed by atoms with Gasteiger partial charge in [0.15, 0.2) is 11.6 Å². The van der Waals surface area contributed by atoms with Crippen LogP contribution in [-0.4, -0.2) is 143 Å². The van der Waals surface area contributed by atoms with Gasteiger partial charge in [-0.15, -0.1) is 0 Å². The highest BCUT2D eigenvalue weighted by atomic mass is 28.4. The zero-order valence-electron chi connectivity index (χ0n) is 49.1. The highest BCUT2D eigenvalue weighted by Gasteiger charge is 2.57. The molecule has 8 rings (SSSR count). The predicted octanol–water partition coefficient (Wildman–Crippen LogP) is 9.03. The number of aliphatic hydroxyl groups is 1. The number of hydrogen-bond donors (Lipinski definition) is 1. The maximum Gasteiger partial charge on any atom is 0.329 e. The van der Waals surface area contributed by atoms with E-state index in [-0.39, 0.29) is 60.2 Å². The molecule has 6 aliphatic rings. The predicted molar refractivity (Wildman–Crippen MR) is 301 cm³/mol. The van der Waals surface area contributed by atoms with E-state index in [9.17, 15) is 14.7 Å². The average Bonchev–Trinajstić information content (AvgIpc) is 3.50. The molecular weight excluding hydrogens is 1010 g/mol. The number of allylic oxidation sites excluding steroid dienone is 2. The SMILES string of the molecule is CO[C@H]1C[C@@H](C)C/C(C)=C/[C@H]2C[C@@H](O)CO[C@@]23C[C@H](OC(C)(C)O3)[C@@H](C)[C@@H](/C(C)=C/[C@@H]2CC[C@@H](O[Si](c3ccccc3)(c3ccccc3)C(C)(C)C)[C@H](OC)C2)OC(=O)[C@@H]2CCCCN2C(=O)C(=O)[C@@H]2O[C@H]1[C@@H](OC)C[C@H]2C. The monoisotopic (exact) mass is 1100 g/mol. The molecule has 5 fully saturated rings. The van der Waals surface area contributed by atoms with Gasteiger partial charge in [0.25, 0.3) is 14.2 Å². The number of methoxy groups -OCH3 is 3. The van der Waals surface area contributed by atoms with Crippen LogP contribution in [0.15, 0.2) is 84.0 Å². The molecule has 0 radical (unpaired) electrons. The fourth-order valence-electron chi connectivity index (χ4n) is 14.3. The van der Waals surface area contributed by atoms with E-state index in [0.717, 1.165) is 24.0 Å². The number of amides is 1. The second kappa shape index (κ2) is 25.3. The minimum atomic E-state index is -2.90. The lowest BCUT2D eigenvalue weighted by molar-refractivity contribution is -0.428. The van der Waals surface area contributed by atoms with E-state index in [1.165, 1.54) is 15.3 Å². The molecule has 0 aromatic heterocycles. The van der Waals surface area contributed by atoms with Crippen molar-refractivity contribution in [3.8, 4) is 0 Å². The number of benzene rings is 2. The van der Waals surface area contributed by atoms with Crippen molar-refractivity contribution in [1.29, 1.82) is 0 Å². The number of nitrogens with zero attached hydrogens (tertiary/aromatic N) is 1. The largest absolute Gasteiger partial charge is 0.456 e. The number of hydrogen-bond acceptors (Lipinski definition) is 13.